The van der Waals surface area contributed by atoms with Crippen molar-refractivity contribution in [2.75, 3.05) is 13.1 Å². The molecule has 0 N–H and O–H groups in total. The standard InChI is InChI=1S/C11H19N/c1-9(2)10-5-7-12-6-3-4-11(12)8-10/h8-9,11H,3-7H2,1-2H3. The predicted molar refractivity (Wildman–Crippen MR) is 52.1 cm³/mol. The molecule has 1 unspecified atom stereocenters. The van der Waals surface area contributed by atoms with Crippen LogP contribution >= 0.6 is 0 Å². The zero-order chi connectivity index (χ0) is 8.55. The quantitative estimate of drug-likeness (QED) is 0.539. The summed E-state index contributed by atoms with van der Waals surface area (Å²) in [4.78, 5) is 2.63. The van der Waals surface area contributed by atoms with E-state index in [2.05, 4.69) is 24.8 Å². The molecule has 1 heteroatoms. The molecule has 0 amide bonds. The Hall–Kier alpha value is -0.300. The summed E-state index contributed by atoms with van der Waals surface area (Å²) in [6.07, 6.45) is 6.65. The largest absolute Gasteiger partial charge is 0.297 e. The van der Waals surface area contributed by atoms with Crippen LogP contribution in [0.2, 0.25) is 0 Å². The molecule has 1 saturated heterocycles. The summed E-state index contributed by atoms with van der Waals surface area (Å²) in [7, 11) is 0. The molecule has 0 aromatic carbocycles. The molecular formula is C11H19N. The number of rotatable bonds is 1. The summed E-state index contributed by atoms with van der Waals surface area (Å²) >= 11 is 0. The van der Waals surface area contributed by atoms with Crippen molar-refractivity contribution >= 4 is 0 Å². The van der Waals surface area contributed by atoms with Crippen LogP contribution in [0.1, 0.15) is 33.1 Å². The van der Waals surface area contributed by atoms with Gasteiger partial charge in [0.25, 0.3) is 0 Å². The van der Waals surface area contributed by atoms with Gasteiger partial charge in [0.05, 0.1) is 0 Å². The summed E-state index contributed by atoms with van der Waals surface area (Å²) in [5.74, 6) is 0.771. The minimum absolute atomic E-state index is 0.771. The lowest BCUT2D eigenvalue weighted by Gasteiger charge is -2.29. The van der Waals surface area contributed by atoms with Crippen LogP contribution in [0.25, 0.3) is 0 Å². The third-order valence-corrected chi connectivity index (χ3v) is 3.25. The fraction of sp³-hybridized carbons (Fsp3) is 0.818. The van der Waals surface area contributed by atoms with Gasteiger partial charge >= 0.3 is 0 Å². The second kappa shape index (κ2) is 3.21. The highest BCUT2D eigenvalue weighted by Gasteiger charge is 2.26. The average Bonchev–Trinajstić information content (AvgIpc) is 2.49. The normalized spacial score (nSPS) is 30.6. The van der Waals surface area contributed by atoms with Gasteiger partial charge in [-0.2, -0.15) is 0 Å². The van der Waals surface area contributed by atoms with Crippen molar-refractivity contribution in [2.45, 2.75) is 39.2 Å². The number of hydrogen-bond acceptors (Lipinski definition) is 1. The van der Waals surface area contributed by atoms with Crippen LogP contribution < -0.4 is 0 Å². The second-order valence-corrected chi connectivity index (χ2v) is 4.39. The minimum Gasteiger partial charge on any atom is -0.297 e. The Morgan fingerprint density at radius 3 is 3.00 bits per heavy atom. The minimum atomic E-state index is 0.771. The Morgan fingerprint density at radius 1 is 1.42 bits per heavy atom. The Kier molecular flexibility index (Phi) is 2.22. The summed E-state index contributed by atoms with van der Waals surface area (Å²) in [5.41, 5.74) is 1.69. The number of hydrogen-bond donors (Lipinski definition) is 0. The summed E-state index contributed by atoms with van der Waals surface area (Å²) in [6, 6.07) is 0.802. The molecule has 0 aromatic heterocycles. The van der Waals surface area contributed by atoms with Gasteiger partial charge in [0.2, 0.25) is 0 Å². The maximum absolute atomic E-state index is 2.63. The maximum Gasteiger partial charge on any atom is 0.0281 e. The van der Waals surface area contributed by atoms with Gasteiger partial charge in [0.15, 0.2) is 0 Å². The molecule has 0 spiro atoms. The van der Waals surface area contributed by atoms with E-state index >= 15 is 0 Å². The molecular weight excluding hydrogens is 146 g/mol. The fourth-order valence-electron chi connectivity index (χ4n) is 2.40. The van der Waals surface area contributed by atoms with Gasteiger partial charge in [0.1, 0.15) is 0 Å². The van der Waals surface area contributed by atoms with Crippen LogP contribution in [0.5, 0.6) is 0 Å². The van der Waals surface area contributed by atoms with Crippen LogP contribution in [0, 0.1) is 5.92 Å². The van der Waals surface area contributed by atoms with Crippen molar-refractivity contribution in [3.63, 3.8) is 0 Å². The summed E-state index contributed by atoms with van der Waals surface area (Å²) < 4.78 is 0. The second-order valence-electron chi connectivity index (χ2n) is 4.39. The van der Waals surface area contributed by atoms with Crippen molar-refractivity contribution in [2.24, 2.45) is 5.92 Å². The van der Waals surface area contributed by atoms with Crippen molar-refractivity contribution in [1.29, 1.82) is 0 Å². The third-order valence-electron chi connectivity index (χ3n) is 3.25. The topological polar surface area (TPSA) is 3.24 Å². The molecule has 0 saturated carbocycles. The molecule has 12 heavy (non-hydrogen) atoms. The molecule has 2 rings (SSSR count). The lowest BCUT2D eigenvalue weighted by Crippen LogP contribution is -2.33. The van der Waals surface area contributed by atoms with E-state index in [1.54, 1.807) is 5.57 Å². The SMILES string of the molecule is CC(C)C1=CC2CCCN2CC1. The molecule has 0 aromatic rings. The van der Waals surface area contributed by atoms with Gasteiger partial charge in [-0.05, 0) is 31.7 Å². The van der Waals surface area contributed by atoms with E-state index < -0.39 is 0 Å². The van der Waals surface area contributed by atoms with Gasteiger partial charge < -0.3 is 0 Å². The zero-order valence-corrected chi connectivity index (χ0v) is 8.21. The van der Waals surface area contributed by atoms with Crippen LogP contribution in [0.15, 0.2) is 11.6 Å². The Balaban J connectivity index is 2.09. The van der Waals surface area contributed by atoms with Crippen molar-refractivity contribution in [1.82, 2.24) is 4.90 Å². The number of nitrogens with zero attached hydrogens (tertiary/aromatic N) is 1. The fourth-order valence-corrected chi connectivity index (χ4v) is 2.40. The summed E-state index contributed by atoms with van der Waals surface area (Å²) in [5, 5.41) is 0. The number of fused-ring (bicyclic) bond motifs is 1. The maximum atomic E-state index is 2.63. The smallest absolute Gasteiger partial charge is 0.0281 e. The lowest BCUT2D eigenvalue weighted by molar-refractivity contribution is 0.273. The molecule has 1 nitrogen and oxygen atoms in total. The Morgan fingerprint density at radius 2 is 2.25 bits per heavy atom. The molecule has 2 aliphatic rings. The molecule has 0 radical (unpaired) electrons. The Labute approximate surface area is 75.4 Å². The molecule has 68 valence electrons. The van der Waals surface area contributed by atoms with Gasteiger partial charge in [-0.3, -0.25) is 4.90 Å². The molecule has 0 bridgehead atoms. The van der Waals surface area contributed by atoms with E-state index in [1.165, 1.54) is 32.4 Å². The molecule has 2 heterocycles. The van der Waals surface area contributed by atoms with Crippen molar-refractivity contribution in [3.05, 3.63) is 11.6 Å². The van der Waals surface area contributed by atoms with Crippen LogP contribution in [0.4, 0.5) is 0 Å². The molecule has 2 aliphatic heterocycles. The van der Waals surface area contributed by atoms with Crippen LogP contribution in [0.3, 0.4) is 0 Å². The van der Waals surface area contributed by atoms with E-state index in [0.717, 1.165) is 12.0 Å². The summed E-state index contributed by atoms with van der Waals surface area (Å²) in [6.45, 7) is 7.29. The average molecular weight is 165 g/mol. The monoisotopic (exact) mass is 165 g/mol. The lowest BCUT2D eigenvalue weighted by atomic mass is 9.94. The van der Waals surface area contributed by atoms with Crippen LogP contribution in [-0.2, 0) is 0 Å². The first-order valence-electron chi connectivity index (χ1n) is 5.22. The van der Waals surface area contributed by atoms with Gasteiger partial charge in [-0.1, -0.05) is 25.5 Å². The zero-order valence-electron chi connectivity index (χ0n) is 8.21. The first kappa shape index (κ1) is 8.31. The van der Waals surface area contributed by atoms with E-state index in [0.29, 0.717) is 0 Å². The molecule has 1 atom stereocenters. The van der Waals surface area contributed by atoms with Gasteiger partial charge in [-0.25, -0.2) is 0 Å². The van der Waals surface area contributed by atoms with Gasteiger partial charge in [-0.15, -0.1) is 0 Å². The predicted octanol–water partition coefficient (Wildman–Crippen LogP) is 2.44. The molecule has 0 aliphatic carbocycles. The highest BCUT2D eigenvalue weighted by molar-refractivity contribution is 5.14. The van der Waals surface area contributed by atoms with Crippen LogP contribution in [-0.4, -0.2) is 24.0 Å². The van der Waals surface area contributed by atoms with Gasteiger partial charge in [0, 0.05) is 12.6 Å². The first-order valence-corrected chi connectivity index (χ1v) is 5.22. The highest BCUT2D eigenvalue weighted by atomic mass is 15.2. The van der Waals surface area contributed by atoms with Crippen molar-refractivity contribution < 1.29 is 0 Å². The van der Waals surface area contributed by atoms with E-state index in [4.69, 9.17) is 0 Å². The highest BCUT2D eigenvalue weighted by Crippen LogP contribution is 2.28. The first-order chi connectivity index (χ1) is 5.77. The third kappa shape index (κ3) is 1.42. The molecule has 1 fully saturated rings. The van der Waals surface area contributed by atoms with Crippen molar-refractivity contribution in [3.8, 4) is 0 Å². The van der Waals surface area contributed by atoms with E-state index in [9.17, 15) is 0 Å². The van der Waals surface area contributed by atoms with E-state index in [-0.39, 0.29) is 0 Å². The Bertz CT molecular complexity index is 193. The van der Waals surface area contributed by atoms with E-state index in [1.807, 2.05) is 0 Å².